The van der Waals surface area contributed by atoms with Crippen molar-refractivity contribution in [3.8, 4) is 5.75 Å². The number of amides is 2. The van der Waals surface area contributed by atoms with Crippen LogP contribution in [0.2, 0.25) is 5.02 Å². The van der Waals surface area contributed by atoms with E-state index in [1.807, 2.05) is 6.92 Å². The molecule has 34 heavy (non-hydrogen) atoms. The molecule has 1 saturated heterocycles. The molecule has 3 rings (SSSR count). The molecule has 12 heteroatoms. The molecular formula is C22H23ClN4O6S. The number of halogens is 1. The number of rotatable bonds is 9. The standard InChI is InChI=1S/C22H23ClN4O6S/c1-13(12-32-2)26-21(29)19(34-22(26)24-15-6-4-14(23)5-7-15)11-20(28)25-17-9-8-16(33-3)10-18(17)27(30)31/h4-10,13,19H,11-12H2,1-3H3,(H,25,28)/t13-,19-/m1/s1. The zero-order valence-corrected chi connectivity index (χ0v) is 20.3. The second-order valence-corrected chi connectivity index (χ2v) is 8.99. The Bertz CT molecular complexity index is 1110. The second-order valence-electron chi connectivity index (χ2n) is 7.38. The molecule has 2 aromatic rings. The Morgan fingerprint density at radius 3 is 2.62 bits per heavy atom. The van der Waals surface area contributed by atoms with Crippen LogP contribution in [-0.2, 0) is 14.3 Å². The van der Waals surface area contributed by atoms with E-state index < -0.39 is 16.1 Å². The fourth-order valence-corrected chi connectivity index (χ4v) is 4.68. The van der Waals surface area contributed by atoms with Crippen LogP contribution in [0.15, 0.2) is 47.5 Å². The highest BCUT2D eigenvalue weighted by Crippen LogP contribution is 2.34. The fraction of sp³-hybridized carbons (Fsp3) is 0.318. The lowest BCUT2D eigenvalue weighted by Crippen LogP contribution is -2.42. The first kappa shape index (κ1) is 25.5. The maximum absolute atomic E-state index is 13.2. The van der Waals surface area contributed by atoms with Gasteiger partial charge in [-0.3, -0.25) is 24.6 Å². The van der Waals surface area contributed by atoms with Gasteiger partial charge in [0.05, 0.1) is 36.4 Å². The van der Waals surface area contributed by atoms with Crippen LogP contribution in [-0.4, -0.2) is 58.9 Å². The average molecular weight is 507 g/mol. The lowest BCUT2D eigenvalue weighted by Gasteiger charge is -2.23. The van der Waals surface area contributed by atoms with Crippen LogP contribution in [0.1, 0.15) is 13.3 Å². The van der Waals surface area contributed by atoms with Crippen molar-refractivity contribution in [1.82, 2.24) is 4.90 Å². The lowest BCUT2D eigenvalue weighted by atomic mass is 10.2. The fourth-order valence-electron chi connectivity index (χ4n) is 3.31. The topological polar surface area (TPSA) is 123 Å². The predicted molar refractivity (Wildman–Crippen MR) is 131 cm³/mol. The molecule has 1 aliphatic rings. The van der Waals surface area contributed by atoms with E-state index in [1.54, 1.807) is 24.3 Å². The molecule has 1 N–H and O–H groups in total. The molecular weight excluding hydrogens is 484 g/mol. The molecule has 0 spiro atoms. The maximum atomic E-state index is 13.2. The number of amidine groups is 1. The van der Waals surface area contributed by atoms with Crippen molar-refractivity contribution in [2.45, 2.75) is 24.6 Å². The second kappa shape index (κ2) is 11.3. The number of nitrogens with one attached hydrogen (secondary N) is 1. The van der Waals surface area contributed by atoms with Crippen LogP contribution < -0.4 is 10.1 Å². The van der Waals surface area contributed by atoms with Gasteiger partial charge in [-0.2, -0.15) is 0 Å². The zero-order chi connectivity index (χ0) is 24.8. The highest BCUT2D eigenvalue weighted by molar-refractivity contribution is 8.15. The summed E-state index contributed by atoms with van der Waals surface area (Å²) in [7, 11) is 2.92. The Kier molecular flexibility index (Phi) is 8.48. The first-order valence-electron chi connectivity index (χ1n) is 10.2. The van der Waals surface area contributed by atoms with Crippen molar-refractivity contribution in [1.29, 1.82) is 0 Å². The molecule has 2 aromatic carbocycles. The van der Waals surface area contributed by atoms with Gasteiger partial charge in [0.2, 0.25) is 11.8 Å². The van der Waals surface area contributed by atoms with Crippen LogP contribution in [0.4, 0.5) is 17.1 Å². The van der Waals surface area contributed by atoms with Crippen molar-refractivity contribution >= 4 is 57.4 Å². The summed E-state index contributed by atoms with van der Waals surface area (Å²) >= 11 is 7.10. The first-order valence-corrected chi connectivity index (χ1v) is 11.4. The molecule has 2 atom stereocenters. The monoisotopic (exact) mass is 506 g/mol. The van der Waals surface area contributed by atoms with Gasteiger partial charge in [-0.15, -0.1) is 0 Å². The third-order valence-corrected chi connectivity index (χ3v) is 6.32. The minimum Gasteiger partial charge on any atom is -0.496 e. The third-order valence-electron chi connectivity index (χ3n) is 4.91. The number of anilines is 1. The minimum absolute atomic E-state index is 0.0194. The number of carbonyl (C=O) groups is 2. The van der Waals surface area contributed by atoms with E-state index in [-0.39, 0.29) is 42.1 Å². The Balaban J connectivity index is 1.80. The van der Waals surface area contributed by atoms with Gasteiger partial charge in [-0.1, -0.05) is 23.4 Å². The number of carbonyl (C=O) groups excluding carboxylic acids is 2. The van der Waals surface area contributed by atoms with Gasteiger partial charge in [0.1, 0.15) is 16.7 Å². The van der Waals surface area contributed by atoms with E-state index in [9.17, 15) is 19.7 Å². The number of ether oxygens (including phenoxy) is 2. The summed E-state index contributed by atoms with van der Waals surface area (Å²) < 4.78 is 10.2. The summed E-state index contributed by atoms with van der Waals surface area (Å²) in [5.41, 5.74) is 0.317. The summed E-state index contributed by atoms with van der Waals surface area (Å²) in [6, 6.07) is 10.6. The van der Waals surface area contributed by atoms with Gasteiger partial charge in [0.25, 0.3) is 5.69 Å². The summed E-state index contributed by atoms with van der Waals surface area (Å²) in [5.74, 6) is -0.537. The molecule has 180 valence electrons. The number of nitro benzene ring substituents is 1. The van der Waals surface area contributed by atoms with Gasteiger partial charge in [-0.05, 0) is 43.3 Å². The summed E-state index contributed by atoms with van der Waals surface area (Å²) in [4.78, 5) is 42.7. The molecule has 0 unspecified atom stereocenters. The largest absolute Gasteiger partial charge is 0.496 e. The van der Waals surface area contributed by atoms with Crippen molar-refractivity contribution in [3.05, 3.63) is 57.6 Å². The van der Waals surface area contributed by atoms with Crippen molar-refractivity contribution in [2.24, 2.45) is 4.99 Å². The number of hydrogen-bond donors (Lipinski definition) is 1. The van der Waals surface area contributed by atoms with Crippen molar-refractivity contribution < 1.29 is 24.0 Å². The number of nitrogens with zero attached hydrogens (tertiary/aromatic N) is 3. The van der Waals surface area contributed by atoms with Gasteiger partial charge < -0.3 is 14.8 Å². The number of nitro groups is 1. The number of methoxy groups -OCH3 is 2. The van der Waals surface area contributed by atoms with Crippen LogP contribution in [0.3, 0.4) is 0 Å². The molecule has 0 radical (unpaired) electrons. The molecule has 0 bridgehead atoms. The number of benzene rings is 2. The SMILES string of the molecule is COC[C@@H](C)N1C(=O)[C@@H](CC(=O)Nc2ccc(OC)cc2[N+](=O)[O-])SC1=Nc1ccc(Cl)cc1. The van der Waals surface area contributed by atoms with E-state index in [0.29, 0.717) is 15.9 Å². The molecule has 2 amide bonds. The summed E-state index contributed by atoms with van der Waals surface area (Å²) in [5, 5.41) is 14.2. The van der Waals surface area contributed by atoms with Crippen molar-refractivity contribution in [2.75, 3.05) is 26.1 Å². The number of aliphatic imine (C=N–C) groups is 1. The van der Waals surface area contributed by atoms with Crippen LogP contribution in [0.25, 0.3) is 0 Å². The van der Waals surface area contributed by atoms with Crippen molar-refractivity contribution in [3.63, 3.8) is 0 Å². The Hall–Kier alpha value is -3.15. The highest BCUT2D eigenvalue weighted by atomic mass is 35.5. The van der Waals surface area contributed by atoms with Crippen LogP contribution in [0, 0.1) is 10.1 Å². The Morgan fingerprint density at radius 1 is 1.29 bits per heavy atom. The Morgan fingerprint density at radius 2 is 2.00 bits per heavy atom. The minimum atomic E-state index is -0.748. The number of hydrogen-bond acceptors (Lipinski definition) is 8. The summed E-state index contributed by atoms with van der Waals surface area (Å²) in [6.45, 7) is 2.10. The van der Waals surface area contributed by atoms with Gasteiger partial charge in [-0.25, -0.2) is 4.99 Å². The normalized spacial score (nSPS) is 17.6. The number of thioether (sulfide) groups is 1. The van der Waals surface area contributed by atoms with E-state index in [4.69, 9.17) is 21.1 Å². The molecule has 1 fully saturated rings. The van der Waals surface area contributed by atoms with E-state index in [0.717, 1.165) is 11.8 Å². The summed E-state index contributed by atoms with van der Waals surface area (Å²) in [6.07, 6.45) is -0.192. The Labute approximate surface area is 205 Å². The van der Waals surface area contributed by atoms with E-state index >= 15 is 0 Å². The van der Waals surface area contributed by atoms with Crippen LogP contribution >= 0.6 is 23.4 Å². The molecule has 1 heterocycles. The van der Waals surface area contributed by atoms with Gasteiger partial charge in [0.15, 0.2) is 5.17 Å². The first-order chi connectivity index (χ1) is 16.2. The lowest BCUT2D eigenvalue weighted by molar-refractivity contribution is -0.384. The maximum Gasteiger partial charge on any atom is 0.296 e. The molecule has 0 aliphatic carbocycles. The van der Waals surface area contributed by atoms with E-state index in [2.05, 4.69) is 10.3 Å². The zero-order valence-electron chi connectivity index (χ0n) is 18.7. The van der Waals surface area contributed by atoms with E-state index in [1.165, 1.54) is 37.3 Å². The molecule has 0 saturated carbocycles. The third kappa shape index (κ3) is 6.04. The van der Waals surface area contributed by atoms with Gasteiger partial charge in [0, 0.05) is 18.6 Å². The highest BCUT2D eigenvalue weighted by Gasteiger charge is 2.41. The molecule has 10 nitrogen and oxygen atoms in total. The molecule has 1 aliphatic heterocycles. The molecule has 0 aromatic heterocycles. The van der Waals surface area contributed by atoms with Gasteiger partial charge >= 0.3 is 0 Å². The predicted octanol–water partition coefficient (Wildman–Crippen LogP) is 4.25. The average Bonchev–Trinajstić information content (AvgIpc) is 3.09. The quantitative estimate of drug-likeness (QED) is 0.398. The smallest absolute Gasteiger partial charge is 0.296 e. The van der Waals surface area contributed by atoms with Crippen LogP contribution in [0.5, 0.6) is 5.75 Å².